The van der Waals surface area contributed by atoms with Crippen LogP contribution in [0.15, 0.2) is 18.2 Å². The van der Waals surface area contributed by atoms with Crippen molar-refractivity contribution in [3.8, 4) is 0 Å². The van der Waals surface area contributed by atoms with Gasteiger partial charge in [0.25, 0.3) is 0 Å². The van der Waals surface area contributed by atoms with Crippen LogP contribution in [0.5, 0.6) is 0 Å². The first-order valence-corrected chi connectivity index (χ1v) is 10.6. The molecule has 0 unspecified atom stereocenters. The Morgan fingerprint density at radius 1 is 1.18 bits per heavy atom. The SMILES string of the molecule is CC[C@@H](c1nnnn1C[C@@H]1CCCO1)N1CCN(c2cccc(C)c2C)CC1. The standard InChI is InChI=1S/C21H32N6O/c1-4-19(21-22-23-24-27(21)15-18-8-6-14-28-18)25-10-12-26(13-11-25)20-9-5-7-16(2)17(20)3/h5,7,9,18-19H,4,6,8,10-15H2,1-3H3/t18-,19-/m0/s1. The number of hydrogen-bond acceptors (Lipinski definition) is 6. The molecule has 0 spiro atoms. The van der Waals surface area contributed by atoms with Crippen molar-refractivity contribution in [1.82, 2.24) is 25.1 Å². The zero-order valence-corrected chi connectivity index (χ0v) is 17.3. The molecule has 152 valence electrons. The van der Waals surface area contributed by atoms with E-state index in [1.807, 2.05) is 4.68 Å². The summed E-state index contributed by atoms with van der Waals surface area (Å²) in [6, 6.07) is 6.86. The Kier molecular flexibility index (Phi) is 5.92. The Labute approximate surface area is 167 Å². The summed E-state index contributed by atoms with van der Waals surface area (Å²) < 4.78 is 7.76. The summed E-state index contributed by atoms with van der Waals surface area (Å²) >= 11 is 0. The summed E-state index contributed by atoms with van der Waals surface area (Å²) in [5.74, 6) is 0.984. The first-order valence-electron chi connectivity index (χ1n) is 10.6. The number of aromatic nitrogens is 4. The minimum absolute atomic E-state index is 0.251. The molecule has 4 rings (SSSR count). The summed E-state index contributed by atoms with van der Waals surface area (Å²) in [5, 5.41) is 12.6. The second kappa shape index (κ2) is 8.57. The number of hydrogen-bond donors (Lipinski definition) is 0. The molecule has 28 heavy (non-hydrogen) atoms. The van der Waals surface area contributed by atoms with Gasteiger partial charge in [-0.25, -0.2) is 4.68 Å². The van der Waals surface area contributed by atoms with Crippen molar-refractivity contribution in [2.75, 3.05) is 37.7 Å². The third-order valence-corrected chi connectivity index (χ3v) is 6.32. The molecular weight excluding hydrogens is 352 g/mol. The predicted molar refractivity (Wildman–Crippen MR) is 110 cm³/mol. The molecule has 3 heterocycles. The molecule has 0 amide bonds. The van der Waals surface area contributed by atoms with Crippen LogP contribution >= 0.6 is 0 Å². The summed E-state index contributed by atoms with van der Waals surface area (Å²) in [7, 11) is 0. The van der Waals surface area contributed by atoms with Crippen LogP contribution in [0, 0.1) is 13.8 Å². The van der Waals surface area contributed by atoms with Crippen LogP contribution in [0.4, 0.5) is 5.69 Å². The molecule has 2 aliphatic rings. The molecule has 2 fully saturated rings. The number of nitrogens with zero attached hydrogens (tertiary/aromatic N) is 6. The highest BCUT2D eigenvalue weighted by atomic mass is 16.5. The lowest BCUT2D eigenvalue weighted by Gasteiger charge is -2.40. The van der Waals surface area contributed by atoms with E-state index in [4.69, 9.17) is 4.74 Å². The summed E-state index contributed by atoms with van der Waals surface area (Å²) in [5.41, 5.74) is 4.12. The minimum atomic E-state index is 0.251. The van der Waals surface area contributed by atoms with Gasteiger partial charge in [-0.3, -0.25) is 4.90 Å². The fraction of sp³-hybridized carbons (Fsp3) is 0.667. The lowest BCUT2D eigenvalue weighted by molar-refractivity contribution is 0.0894. The highest BCUT2D eigenvalue weighted by Gasteiger charge is 2.29. The molecular formula is C21H32N6O. The van der Waals surface area contributed by atoms with E-state index in [0.717, 1.165) is 64.4 Å². The number of rotatable bonds is 6. The van der Waals surface area contributed by atoms with Gasteiger partial charge in [0.05, 0.1) is 18.7 Å². The van der Waals surface area contributed by atoms with Crippen molar-refractivity contribution in [2.45, 2.75) is 58.7 Å². The van der Waals surface area contributed by atoms with Crippen LogP contribution in [-0.4, -0.2) is 64.0 Å². The Hall–Kier alpha value is -1.99. The molecule has 2 atom stereocenters. The van der Waals surface area contributed by atoms with Crippen molar-refractivity contribution >= 4 is 5.69 Å². The molecule has 0 saturated carbocycles. The largest absolute Gasteiger partial charge is 0.376 e. The first kappa shape index (κ1) is 19.3. The van der Waals surface area contributed by atoms with Gasteiger partial charge >= 0.3 is 0 Å². The molecule has 0 radical (unpaired) electrons. The second-order valence-electron chi connectivity index (χ2n) is 8.02. The van der Waals surface area contributed by atoms with E-state index in [0.29, 0.717) is 0 Å². The molecule has 7 heteroatoms. The Morgan fingerprint density at radius 3 is 2.71 bits per heavy atom. The van der Waals surface area contributed by atoms with E-state index >= 15 is 0 Å². The molecule has 7 nitrogen and oxygen atoms in total. The van der Waals surface area contributed by atoms with E-state index < -0.39 is 0 Å². The average molecular weight is 385 g/mol. The zero-order valence-electron chi connectivity index (χ0n) is 17.3. The fourth-order valence-electron chi connectivity index (χ4n) is 4.52. The summed E-state index contributed by atoms with van der Waals surface area (Å²) in [6.45, 7) is 12.4. The number of ether oxygens (including phenoxy) is 1. The lowest BCUT2D eigenvalue weighted by Crippen LogP contribution is -2.48. The molecule has 0 N–H and O–H groups in total. The smallest absolute Gasteiger partial charge is 0.168 e. The molecule has 2 aliphatic heterocycles. The van der Waals surface area contributed by atoms with Crippen molar-refractivity contribution < 1.29 is 4.74 Å². The highest BCUT2D eigenvalue weighted by molar-refractivity contribution is 5.56. The molecule has 2 saturated heterocycles. The highest BCUT2D eigenvalue weighted by Crippen LogP contribution is 2.28. The molecule has 2 aromatic rings. The monoisotopic (exact) mass is 384 g/mol. The van der Waals surface area contributed by atoms with Gasteiger partial charge in [0, 0.05) is 38.5 Å². The number of tetrazole rings is 1. The number of aryl methyl sites for hydroxylation is 1. The van der Waals surface area contributed by atoms with E-state index in [-0.39, 0.29) is 12.1 Å². The summed E-state index contributed by atoms with van der Waals surface area (Å²) in [4.78, 5) is 5.06. The quantitative estimate of drug-likeness (QED) is 0.763. The Bertz CT molecular complexity index is 777. The predicted octanol–water partition coefficient (Wildman–Crippen LogP) is 2.74. The maximum absolute atomic E-state index is 5.79. The van der Waals surface area contributed by atoms with Gasteiger partial charge in [-0.2, -0.15) is 0 Å². The topological polar surface area (TPSA) is 59.3 Å². The molecule has 0 aliphatic carbocycles. The number of benzene rings is 1. The number of piperazine rings is 1. The maximum Gasteiger partial charge on any atom is 0.168 e. The third kappa shape index (κ3) is 3.91. The zero-order chi connectivity index (χ0) is 19.5. The van der Waals surface area contributed by atoms with Gasteiger partial charge in [-0.15, -0.1) is 5.10 Å². The van der Waals surface area contributed by atoms with E-state index in [1.54, 1.807) is 0 Å². The van der Waals surface area contributed by atoms with Gasteiger partial charge in [0.1, 0.15) is 0 Å². The fourth-order valence-corrected chi connectivity index (χ4v) is 4.52. The van der Waals surface area contributed by atoms with Crippen molar-refractivity contribution in [1.29, 1.82) is 0 Å². The van der Waals surface area contributed by atoms with Gasteiger partial charge in [-0.05, 0) is 60.7 Å². The Morgan fingerprint density at radius 2 is 2.00 bits per heavy atom. The second-order valence-corrected chi connectivity index (χ2v) is 8.02. The lowest BCUT2D eigenvalue weighted by atomic mass is 10.1. The van der Waals surface area contributed by atoms with Crippen molar-refractivity contribution in [2.24, 2.45) is 0 Å². The van der Waals surface area contributed by atoms with Gasteiger partial charge < -0.3 is 9.64 Å². The van der Waals surface area contributed by atoms with Gasteiger partial charge in [0.15, 0.2) is 5.82 Å². The van der Waals surface area contributed by atoms with E-state index in [9.17, 15) is 0 Å². The molecule has 1 aromatic carbocycles. The van der Waals surface area contributed by atoms with Crippen LogP contribution in [0.25, 0.3) is 0 Å². The van der Waals surface area contributed by atoms with Crippen LogP contribution in [0.1, 0.15) is 49.2 Å². The molecule has 0 bridgehead atoms. The Balaban J connectivity index is 1.43. The average Bonchev–Trinajstić information content (AvgIpc) is 3.38. The third-order valence-electron chi connectivity index (χ3n) is 6.32. The van der Waals surface area contributed by atoms with Gasteiger partial charge in [-0.1, -0.05) is 19.1 Å². The normalized spacial score (nSPS) is 22.0. The maximum atomic E-state index is 5.79. The van der Waals surface area contributed by atoms with Crippen LogP contribution in [0.3, 0.4) is 0 Å². The van der Waals surface area contributed by atoms with Crippen molar-refractivity contribution in [3.63, 3.8) is 0 Å². The molecule has 1 aromatic heterocycles. The van der Waals surface area contributed by atoms with E-state index in [2.05, 4.69) is 64.3 Å². The van der Waals surface area contributed by atoms with Crippen molar-refractivity contribution in [3.05, 3.63) is 35.2 Å². The first-order chi connectivity index (χ1) is 13.7. The van der Waals surface area contributed by atoms with Crippen LogP contribution in [0.2, 0.25) is 0 Å². The van der Waals surface area contributed by atoms with Crippen LogP contribution < -0.4 is 4.90 Å². The minimum Gasteiger partial charge on any atom is -0.376 e. The van der Waals surface area contributed by atoms with Gasteiger partial charge in [0.2, 0.25) is 0 Å². The van der Waals surface area contributed by atoms with Crippen LogP contribution in [-0.2, 0) is 11.3 Å². The van der Waals surface area contributed by atoms with E-state index in [1.165, 1.54) is 16.8 Å². The number of anilines is 1. The summed E-state index contributed by atoms with van der Waals surface area (Å²) in [6.07, 6.45) is 3.50.